The van der Waals surface area contributed by atoms with Crippen LogP contribution in [0.15, 0.2) is 108 Å². The SMILES string of the molecule is [C-]#[N+]C(C#N)=C1C=C(C=Cc2ccc(-n3cccc3)cc2)OC(C)(c2ccccc2)C1. The van der Waals surface area contributed by atoms with Gasteiger partial charge in [0, 0.05) is 24.5 Å². The second kappa shape index (κ2) is 8.61. The number of rotatable bonds is 4. The lowest BCUT2D eigenvalue weighted by atomic mass is 9.85. The Bertz CT molecular complexity index is 1220. The molecule has 0 saturated heterocycles. The van der Waals surface area contributed by atoms with E-state index in [2.05, 4.69) is 21.5 Å². The topological polar surface area (TPSA) is 42.3 Å². The second-order valence-corrected chi connectivity index (χ2v) is 7.54. The Morgan fingerprint density at radius 1 is 1.06 bits per heavy atom. The number of hydrogen-bond donors (Lipinski definition) is 0. The molecule has 2 aromatic carbocycles. The van der Waals surface area contributed by atoms with Crippen LogP contribution in [0.5, 0.6) is 0 Å². The van der Waals surface area contributed by atoms with E-state index >= 15 is 0 Å². The lowest BCUT2D eigenvalue weighted by Gasteiger charge is -2.36. The first-order valence-electron chi connectivity index (χ1n) is 10.00. The van der Waals surface area contributed by atoms with Crippen molar-refractivity contribution >= 4 is 6.08 Å². The number of nitrogens with zero attached hydrogens (tertiary/aromatic N) is 3. The molecule has 0 aliphatic carbocycles. The number of nitriles is 1. The predicted molar refractivity (Wildman–Crippen MR) is 122 cm³/mol. The van der Waals surface area contributed by atoms with E-state index in [-0.39, 0.29) is 5.70 Å². The lowest BCUT2D eigenvalue weighted by Crippen LogP contribution is -2.29. The molecule has 4 nitrogen and oxygen atoms in total. The first-order valence-corrected chi connectivity index (χ1v) is 10.00. The van der Waals surface area contributed by atoms with Crippen LogP contribution >= 0.6 is 0 Å². The quantitative estimate of drug-likeness (QED) is 0.373. The maximum Gasteiger partial charge on any atom is 0.265 e. The van der Waals surface area contributed by atoms with Crippen molar-refractivity contribution in [2.75, 3.05) is 0 Å². The smallest absolute Gasteiger partial charge is 0.265 e. The molecule has 0 saturated carbocycles. The maximum absolute atomic E-state index is 9.41. The normalized spacial score (nSPS) is 19.8. The average Bonchev–Trinajstić information content (AvgIpc) is 3.34. The highest BCUT2D eigenvalue weighted by Crippen LogP contribution is 2.40. The molecule has 0 spiro atoms. The lowest BCUT2D eigenvalue weighted by molar-refractivity contribution is 0.0143. The number of ether oxygens (including phenoxy) is 1. The van der Waals surface area contributed by atoms with Crippen LogP contribution in [-0.2, 0) is 10.3 Å². The molecule has 0 fully saturated rings. The molecule has 31 heavy (non-hydrogen) atoms. The van der Waals surface area contributed by atoms with Crippen molar-refractivity contribution < 1.29 is 4.74 Å². The second-order valence-electron chi connectivity index (χ2n) is 7.54. The third-order valence-corrected chi connectivity index (χ3v) is 5.33. The predicted octanol–water partition coefficient (Wildman–Crippen LogP) is 6.41. The molecule has 0 bridgehead atoms. The Kier molecular flexibility index (Phi) is 5.56. The summed E-state index contributed by atoms with van der Waals surface area (Å²) in [6, 6.07) is 24.1. The third kappa shape index (κ3) is 4.34. The fraction of sp³-hybridized carbons (Fsp3) is 0.111. The van der Waals surface area contributed by atoms with Crippen LogP contribution in [0.25, 0.3) is 16.6 Å². The molecule has 4 heteroatoms. The van der Waals surface area contributed by atoms with E-state index in [0.29, 0.717) is 17.8 Å². The first kappa shape index (κ1) is 20.0. The molecule has 150 valence electrons. The van der Waals surface area contributed by atoms with E-state index in [1.807, 2.05) is 92.1 Å². The van der Waals surface area contributed by atoms with Crippen molar-refractivity contribution in [2.45, 2.75) is 18.9 Å². The van der Waals surface area contributed by atoms with Gasteiger partial charge < -0.3 is 9.30 Å². The highest BCUT2D eigenvalue weighted by atomic mass is 16.5. The molecule has 1 unspecified atom stereocenters. The Hall–Kier alpha value is -4.28. The van der Waals surface area contributed by atoms with Crippen molar-refractivity contribution in [1.82, 2.24) is 4.57 Å². The summed E-state index contributed by atoms with van der Waals surface area (Å²) >= 11 is 0. The van der Waals surface area contributed by atoms with Gasteiger partial charge in [-0.05, 0) is 60.0 Å². The maximum atomic E-state index is 9.41. The van der Waals surface area contributed by atoms with E-state index in [0.717, 1.165) is 16.8 Å². The Labute approximate surface area is 182 Å². The van der Waals surface area contributed by atoms with Crippen LogP contribution in [0.2, 0.25) is 0 Å². The highest BCUT2D eigenvalue weighted by Gasteiger charge is 2.34. The molecule has 1 aliphatic rings. The summed E-state index contributed by atoms with van der Waals surface area (Å²) in [6.07, 6.45) is 10.1. The van der Waals surface area contributed by atoms with Crippen molar-refractivity contribution in [1.29, 1.82) is 5.26 Å². The number of benzene rings is 2. The fourth-order valence-electron chi connectivity index (χ4n) is 3.71. The summed E-state index contributed by atoms with van der Waals surface area (Å²) in [5.74, 6) is 0.624. The van der Waals surface area contributed by atoms with E-state index in [4.69, 9.17) is 11.3 Å². The molecule has 0 radical (unpaired) electrons. The van der Waals surface area contributed by atoms with Crippen LogP contribution in [0, 0.1) is 17.9 Å². The van der Waals surface area contributed by atoms with Gasteiger partial charge in [0.1, 0.15) is 11.4 Å². The molecular formula is C27H21N3O. The standard InChI is InChI=1S/C27H21N3O/c1-27(23-8-4-3-5-9-23)19-22(26(20-28)29-2)18-25(31-27)15-12-21-10-13-24(14-11-21)30-16-6-7-17-30/h3-18H,19H2,1H3. The van der Waals surface area contributed by atoms with Crippen LogP contribution in [0.3, 0.4) is 0 Å². The zero-order valence-electron chi connectivity index (χ0n) is 17.2. The van der Waals surface area contributed by atoms with E-state index < -0.39 is 5.60 Å². The minimum atomic E-state index is -0.657. The van der Waals surface area contributed by atoms with E-state index in [1.165, 1.54) is 0 Å². The fourth-order valence-corrected chi connectivity index (χ4v) is 3.71. The molecule has 1 aromatic heterocycles. The largest absolute Gasteiger partial charge is 0.483 e. The van der Waals surface area contributed by atoms with Gasteiger partial charge in [-0.25, -0.2) is 10.1 Å². The van der Waals surface area contributed by atoms with Crippen molar-refractivity contribution in [3.63, 3.8) is 0 Å². The number of aromatic nitrogens is 1. The van der Waals surface area contributed by atoms with Gasteiger partial charge in [-0.15, -0.1) is 0 Å². The zero-order valence-corrected chi connectivity index (χ0v) is 17.2. The van der Waals surface area contributed by atoms with Gasteiger partial charge in [0.15, 0.2) is 0 Å². The average molecular weight is 403 g/mol. The Balaban J connectivity index is 1.65. The van der Waals surface area contributed by atoms with Gasteiger partial charge in [0.2, 0.25) is 0 Å². The Morgan fingerprint density at radius 3 is 2.42 bits per heavy atom. The van der Waals surface area contributed by atoms with Crippen LogP contribution in [0.1, 0.15) is 24.5 Å². The van der Waals surface area contributed by atoms with Crippen LogP contribution in [-0.4, -0.2) is 4.57 Å². The number of hydrogen-bond acceptors (Lipinski definition) is 2. The van der Waals surface area contributed by atoms with Crippen LogP contribution < -0.4 is 0 Å². The van der Waals surface area contributed by atoms with Gasteiger partial charge in [-0.1, -0.05) is 48.5 Å². The summed E-state index contributed by atoms with van der Waals surface area (Å²) in [7, 11) is 0. The number of allylic oxidation sites excluding steroid dienone is 3. The summed E-state index contributed by atoms with van der Waals surface area (Å²) in [5.41, 5.74) is 3.27. The summed E-state index contributed by atoms with van der Waals surface area (Å²) in [4.78, 5) is 3.42. The van der Waals surface area contributed by atoms with Gasteiger partial charge in [0.05, 0.1) is 12.6 Å². The molecule has 1 aliphatic heterocycles. The van der Waals surface area contributed by atoms with Crippen LogP contribution in [0.4, 0.5) is 0 Å². The molecular weight excluding hydrogens is 382 g/mol. The van der Waals surface area contributed by atoms with Crippen molar-refractivity contribution in [3.05, 3.63) is 131 Å². The molecule has 0 amide bonds. The van der Waals surface area contributed by atoms with Gasteiger partial charge >= 0.3 is 0 Å². The third-order valence-electron chi connectivity index (χ3n) is 5.33. The monoisotopic (exact) mass is 403 g/mol. The zero-order chi connectivity index (χ0) is 21.7. The summed E-state index contributed by atoms with van der Waals surface area (Å²) in [6.45, 7) is 9.36. The summed E-state index contributed by atoms with van der Waals surface area (Å²) < 4.78 is 8.41. The minimum absolute atomic E-state index is 0.104. The first-order chi connectivity index (χ1) is 15.1. The van der Waals surface area contributed by atoms with Gasteiger partial charge in [0.25, 0.3) is 5.70 Å². The molecule has 1 atom stereocenters. The van der Waals surface area contributed by atoms with Crippen molar-refractivity contribution in [2.24, 2.45) is 0 Å². The molecule has 4 rings (SSSR count). The van der Waals surface area contributed by atoms with Gasteiger partial charge in [-0.2, -0.15) is 0 Å². The van der Waals surface area contributed by atoms with E-state index in [9.17, 15) is 5.26 Å². The van der Waals surface area contributed by atoms with Gasteiger partial charge in [-0.3, -0.25) is 0 Å². The highest BCUT2D eigenvalue weighted by molar-refractivity contribution is 5.56. The van der Waals surface area contributed by atoms with Crippen molar-refractivity contribution in [3.8, 4) is 11.8 Å². The molecule has 2 heterocycles. The molecule has 0 N–H and O–H groups in total. The molecule has 3 aromatic rings. The minimum Gasteiger partial charge on any atom is -0.483 e. The summed E-state index contributed by atoms with van der Waals surface area (Å²) in [5, 5.41) is 9.41. The Morgan fingerprint density at radius 2 is 1.77 bits per heavy atom. The van der Waals surface area contributed by atoms with E-state index in [1.54, 1.807) is 6.08 Å².